The third-order valence-corrected chi connectivity index (χ3v) is 2.23. The molecule has 0 atom stereocenters. The lowest BCUT2D eigenvalue weighted by Gasteiger charge is -2.09. The van der Waals surface area contributed by atoms with Gasteiger partial charge in [0.2, 0.25) is 0 Å². The maximum atomic E-state index is 9.99. The van der Waals surface area contributed by atoms with E-state index in [9.17, 15) is 5.73 Å². The first kappa shape index (κ1) is 8.97. The largest absolute Gasteiger partial charge is 0.131 e. The SMILES string of the molecule is [N]C(c1ccccc1)c1ccccc1. The van der Waals surface area contributed by atoms with E-state index in [1.165, 1.54) is 0 Å². The standard InChI is InChI=1S/C13H11N/c14-13(11-7-3-1-4-8-11)12-9-5-2-6-10-12/h1-10,13H. The van der Waals surface area contributed by atoms with Gasteiger partial charge in [0.1, 0.15) is 0 Å². The summed E-state index contributed by atoms with van der Waals surface area (Å²) in [6.45, 7) is 0. The minimum absolute atomic E-state index is 0.516. The van der Waals surface area contributed by atoms with Crippen LogP contribution in [0.15, 0.2) is 60.7 Å². The van der Waals surface area contributed by atoms with Crippen LogP contribution in [0.5, 0.6) is 0 Å². The second-order valence-electron chi connectivity index (χ2n) is 3.22. The Kier molecular flexibility index (Phi) is 2.61. The van der Waals surface area contributed by atoms with E-state index in [1.807, 2.05) is 60.7 Å². The Morgan fingerprint density at radius 2 is 1.00 bits per heavy atom. The van der Waals surface area contributed by atoms with Crippen LogP contribution in [0.2, 0.25) is 0 Å². The zero-order chi connectivity index (χ0) is 9.80. The van der Waals surface area contributed by atoms with Gasteiger partial charge < -0.3 is 0 Å². The van der Waals surface area contributed by atoms with Crippen molar-refractivity contribution in [2.45, 2.75) is 6.04 Å². The molecule has 0 saturated carbocycles. The molecular weight excluding hydrogens is 170 g/mol. The maximum absolute atomic E-state index is 9.99. The quantitative estimate of drug-likeness (QED) is 0.679. The van der Waals surface area contributed by atoms with Crippen LogP contribution >= 0.6 is 0 Å². The lowest BCUT2D eigenvalue weighted by Crippen LogP contribution is -2.00. The van der Waals surface area contributed by atoms with Gasteiger partial charge >= 0.3 is 0 Å². The number of benzene rings is 2. The highest BCUT2D eigenvalue weighted by Gasteiger charge is 2.08. The van der Waals surface area contributed by atoms with Crippen molar-refractivity contribution in [3.63, 3.8) is 0 Å². The zero-order valence-electron chi connectivity index (χ0n) is 7.80. The lowest BCUT2D eigenvalue weighted by molar-refractivity contribution is 0.839. The molecule has 0 aliphatic carbocycles. The molecule has 2 rings (SSSR count). The van der Waals surface area contributed by atoms with Gasteiger partial charge in [0.25, 0.3) is 0 Å². The molecule has 0 amide bonds. The molecule has 1 heteroatoms. The monoisotopic (exact) mass is 181 g/mol. The summed E-state index contributed by atoms with van der Waals surface area (Å²) in [6.07, 6.45) is 0. The summed E-state index contributed by atoms with van der Waals surface area (Å²) < 4.78 is 0. The lowest BCUT2D eigenvalue weighted by atomic mass is 10.00. The Labute approximate surface area is 84.2 Å². The first-order valence-corrected chi connectivity index (χ1v) is 4.66. The summed E-state index contributed by atoms with van der Waals surface area (Å²) in [5.74, 6) is 0. The molecule has 0 aliphatic heterocycles. The Bertz CT molecular complexity index is 341. The molecule has 0 unspecified atom stereocenters. The Morgan fingerprint density at radius 1 is 0.643 bits per heavy atom. The fraction of sp³-hybridized carbons (Fsp3) is 0.0769. The summed E-state index contributed by atoms with van der Waals surface area (Å²) in [5.41, 5.74) is 11.9. The first-order valence-electron chi connectivity index (χ1n) is 4.66. The van der Waals surface area contributed by atoms with Crippen LogP contribution in [0.3, 0.4) is 0 Å². The van der Waals surface area contributed by atoms with Crippen LogP contribution in [0.25, 0.3) is 0 Å². The minimum Gasteiger partial charge on any atom is -0.131 e. The van der Waals surface area contributed by atoms with Gasteiger partial charge in [-0.25, -0.2) is 0 Å². The van der Waals surface area contributed by atoms with Crippen molar-refractivity contribution in [3.05, 3.63) is 71.8 Å². The predicted octanol–water partition coefficient (Wildman–Crippen LogP) is 2.84. The summed E-state index contributed by atoms with van der Waals surface area (Å²) in [5, 5.41) is 0. The Morgan fingerprint density at radius 3 is 1.36 bits per heavy atom. The van der Waals surface area contributed by atoms with Crippen molar-refractivity contribution in [3.8, 4) is 0 Å². The molecule has 0 saturated heterocycles. The third kappa shape index (κ3) is 1.83. The normalized spacial score (nSPS) is 10.4. The molecular formula is C13H11N. The second kappa shape index (κ2) is 4.07. The fourth-order valence-corrected chi connectivity index (χ4v) is 1.46. The molecule has 2 aromatic rings. The highest BCUT2D eigenvalue weighted by Crippen LogP contribution is 2.19. The predicted molar refractivity (Wildman–Crippen MR) is 56.9 cm³/mol. The maximum Gasteiger partial charge on any atom is 0.0933 e. The van der Waals surface area contributed by atoms with E-state index in [0.29, 0.717) is 0 Å². The smallest absolute Gasteiger partial charge is 0.0933 e. The second-order valence-corrected chi connectivity index (χ2v) is 3.22. The van der Waals surface area contributed by atoms with Crippen LogP contribution in [-0.4, -0.2) is 0 Å². The van der Waals surface area contributed by atoms with E-state index in [-0.39, 0.29) is 0 Å². The average molecular weight is 181 g/mol. The van der Waals surface area contributed by atoms with Crippen molar-refractivity contribution in [1.29, 1.82) is 0 Å². The molecule has 0 aliphatic rings. The van der Waals surface area contributed by atoms with Gasteiger partial charge in [0.05, 0.1) is 6.04 Å². The van der Waals surface area contributed by atoms with Crippen LogP contribution in [0.1, 0.15) is 17.2 Å². The van der Waals surface area contributed by atoms with Gasteiger partial charge in [-0.05, 0) is 11.1 Å². The summed E-state index contributed by atoms with van der Waals surface area (Å²) in [7, 11) is 0. The van der Waals surface area contributed by atoms with Gasteiger partial charge in [-0.3, -0.25) is 0 Å². The van der Waals surface area contributed by atoms with Crippen molar-refractivity contribution in [1.82, 2.24) is 5.73 Å². The van der Waals surface area contributed by atoms with E-state index in [0.717, 1.165) is 11.1 Å². The molecule has 1 nitrogen and oxygen atoms in total. The minimum atomic E-state index is -0.516. The van der Waals surface area contributed by atoms with E-state index < -0.39 is 6.04 Å². The van der Waals surface area contributed by atoms with Crippen LogP contribution < -0.4 is 5.73 Å². The number of rotatable bonds is 2. The van der Waals surface area contributed by atoms with Gasteiger partial charge in [0.15, 0.2) is 0 Å². The molecule has 0 bridgehead atoms. The van der Waals surface area contributed by atoms with Gasteiger partial charge in [-0.1, -0.05) is 60.7 Å². The molecule has 0 N–H and O–H groups in total. The number of hydrogen-bond acceptors (Lipinski definition) is 0. The Balaban J connectivity index is 2.30. The van der Waals surface area contributed by atoms with Crippen molar-refractivity contribution in [2.24, 2.45) is 0 Å². The molecule has 68 valence electrons. The molecule has 0 heterocycles. The van der Waals surface area contributed by atoms with Gasteiger partial charge in [-0.2, -0.15) is 0 Å². The van der Waals surface area contributed by atoms with Crippen molar-refractivity contribution >= 4 is 0 Å². The average Bonchev–Trinajstić information content (AvgIpc) is 2.30. The zero-order valence-corrected chi connectivity index (χ0v) is 7.80. The first-order chi connectivity index (χ1) is 6.88. The van der Waals surface area contributed by atoms with E-state index in [4.69, 9.17) is 0 Å². The molecule has 14 heavy (non-hydrogen) atoms. The molecule has 0 fully saturated rings. The van der Waals surface area contributed by atoms with Gasteiger partial charge in [0, 0.05) is 0 Å². The molecule has 0 aromatic heterocycles. The summed E-state index contributed by atoms with van der Waals surface area (Å²) in [4.78, 5) is 0. The fourth-order valence-electron chi connectivity index (χ4n) is 1.46. The van der Waals surface area contributed by atoms with Crippen molar-refractivity contribution < 1.29 is 0 Å². The van der Waals surface area contributed by atoms with Crippen LogP contribution in [-0.2, 0) is 0 Å². The Hall–Kier alpha value is -1.60. The van der Waals surface area contributed by atoms with Crippen LogP contribution in [0, 0.1) is 0 Å². The molecule has 2 radical (unpaired) electrons. The highest BCUT2D eigenvalue weighted by atomic mass is 14.6. The van der Waals surface area contributed by atoms with Gasteiger partial charge in [-0.15, -0.1) is 5.73 Å². The molecule has 0 spiro atoms. The summed E-state index contributed by atoms with van der Waals surface area (Å²) in [6, 6.07) is 18.8. The number of nitrogens with zero attached hydrogens (tertiary/aromatic N) is 1. The number of hydrogen-bond donors (Lipinski definition) is 0. The summed E-state index contributed by atoms with van der Waals surface area (Å²) >= 11 is 0. The highest BCUT2D eigenvalue weighted by molar-refractivity contribution is 5.30. The topological polar surface area (TPSA) is 22.3 Å². The van der Waals surface area contributed by atoms with E-state index in [1.54, 1.807) is 0 Å². The third-order valence-electron chi connectivity index (χ3n) is 2.23. The van der Waals surface area contributed by atoms with E-state index >= 15 is 0 Å². The molecule has 2 aromatic carbocycles. The van der Waals surface area contributed by atoms with Crippen molar-refractivity contribution in [2.75, 3.05) is 0 Å². The van der Waals surface area contributed by atoms with Crippen LogP contribution in [0.4, 0.5) is 0 Å². The van der Waals surface area contributed by atoms with E-state index in [2.05, 4.69) is 0 Å².